The van der Waals surface area contributed by atoms with Crippen LogP contribution in [0.5, 0.6) is 0 Å². The average Bonchev–Trinajstić information content (AvgIpc) is 2.22. The molecule has 8 heteroatoms. The van der Waals surface area contributed by atoms with Crippen LogP contribution in [0.3, 0.4) is 0 Å². The van der Waals surface area contributed by atoms with Crippen molar-refractivity contribution in [2.24, 2.45) is 16.8 Å². The van der Waals surface area contributed by atoms with Crippen molar-refractivity contribution in [1.29, 1.82) is 0 Å². The second kappa shape index (κ2) is 5.75. The normalized spacial score (nSPS) is 29.3. The molecule has 0 spiro atoms. The SMILES string of the molecule is C[C@@H]1CN(CC(C(N)=NO)C(F)(F)F)C[C@H](C)O1. The first-order valence-electron chi connectivity index (χ1n) is 5.66. The third kappa shape index (κ3) is 4.02. The molecule has 5 nitrogen and oxygen atoms in total. The largest absolute Gasteiger partial charge is 0.409 e. The van der Waals surface area contributed by atoms with Crippen LogP contribution in [0.25, 0.3) is 0 Å². The zero-order valence-electron chi connectivity index (χ0n) is 10.3. The molecular formula is C10H18F3N3O2. The molecule has 1 saturated heterocycles. The van der Waals surface area contributed by atoms with Gasteiger partial charge in [-0.1, -0.05) is 5.16 Å². The Bertz CT molecular complexity index is 299. The Morgan fingerprint density at radius 2 is 1.94 bits per heavy atom. The van der Waals surface area contributed by atoms with Crippen LogP contribution in [0.2, 0.25) is 0 Å². The van der Waals surface area contributed by atoms with Crippen LogP contribution in [-0.2, 0) is 4.74 Å². The lowest BCUT2D eigenvalue weighted by Crippen LogP contribution is -2.51. The van der Waals surface area contributed by atoms with E-state index in [1.165, 1.54) is 0 Å². The summed E-state index contributed by atoms with van der Waals surface area (Å²) in [6.45, 7) is 4.08. The third-order valence-electron chi connectivity index (χ3n) is 2.80. The van der Waals surface area contributed by atoms with Crippen LogP contribution in [0, 0.1) is 5.92 Å². The van der Waals surface area contributed by atoms with Gasteiger partial charge in [-0.15, -0.1) is 0 Å². The van der Waals surface area contributed by atoms with Gasteiger partial charge in [0.15, 0.2) is 5.84 Å². The van der Waals surface area contributed by atoms with Gasteiger partial charge in [0.25, 0.3) is 0 Å². The summed E-state index contributed by atoms with van der Waals surface area (Å²) in [7, 11) is 0. The number of ether oxygens (including phenoxy) is 1. The topological polar surface area (TPSA) is 71.1 Å². The van der Waals surface area contributed by atoms with Crippen molar-refractivity contribution < 1.29 is 23.1 Å². The molecule has 0 bridgehead atoms. The molecule has 106 valence electrons. The van der Waals surface area contributed by atoms with Gasteiger partial charge in [-0.05, 0) is 13.8 Å². The van der Waals surface area contributed by atoms with E-state index in [2.05, 4.69) is 5.16 Å². The van der Waals surface area contributed by atoms with Crippen LogP contribution in [0.15, 0.2) is 5.16 Å². The summed E-state index contributed by atoms with van der Waals surface area (Å²) in [4.78, 5) is 1.62. The number of nitrogens with zero attached hydrogens (tertiary/aromatic N) is 2. The lowest BCUT2D eigenvalue weighted by Gasteiger charge is -2.37. The fourth-order valence-electron chi connectivity index (χ4n) is 2.13. The molecular weight excluding hydrogens is 251 g/mol. The quantitative estimate of drug-likeness (QED) is 0.347. The number of nitrogens with two attached hydrogens (primary N) is 1. The van der Waals surface area contributed by atoms with E-state index in [0.717, 1.165) is 0 Å². The highest BCUT2D eigenvalue weighted by Crippen LogP contribution is 2.28. The molecule has 3 atom stereocenters. The fourth-order valence-corrected chi connectivity index (χ4v) is 2.13. The first kappa shape index (κ1) is 15.0. The van der Waals surface area contributed by atoms with Gasteiger partial charge in [0.2, 0.25) is 0 Å². The zero-order valence-corrected chi connectivity index (χ0v) is 10.3. The van der Waals surface area contributed by atoms with Crippen LogP contribution >= 0.6 is 0 Å². The summed E-state index contributed by atoms with van der Waals surface area (Å²) in [5.41, 5.74) is 5.11. The first-order valence-corrected chi connectivity index (χ1v) is 5.66. The molecule has 1 rings (SSSR count). The second-order valence-electron chi connectivity index (χ2n) is 4.59. The minimum atomic E-state index is -4.53. The smallest absolute Gasteiger partial charge is 0.400 e. The van der Waals surface area contributed by atoms with E-state index >= 15 is 0 Å². The fraction of sp³-hybridized carbons (Fsp3) is 0.900. The van der Waals surface area contributed by atoms with E-state index in [1.807, 2.05) is 0 Å². The number of hydrogen-bond donors (Lipinski definition) is 2. The molecule has 1 unspecified atom stereocenters. The summed E-state index contributed by atoms with van der Waals surface area (Å²) in [6.07, 6.45) is -4.79. The van der Waals surface area contributed by atoms with Crippen molar-refractivity contribution in [2.75, 3.05) is 19.6 Å². The lowest BCUT2D eigenvalue weighted by molar-refractivity contribution is -0.166. The maximum Gasteiger partial charge on any atom is 0.400 e. The molecule has 0 aliphatic carbocycles. The standard InChI is InChI=1S/C10H18F3N3O2/c1-6-3-16(4-7(2)18-6)5-8(9(14)15-17)10(11,12)13/h6-8,17H,3-5H2,1-2H3,(H2,14,15)/t6-,7+,8?. The maximum atomic E-state index is 12.8. The molecule has 18 heavy (non-hydrogen) atoms. The summed E-state index contributed by atoms with van der Waals surface area (Å²) in [5.74, 6) is -2.77. The number of halogens is 3. The summed E-state index contributed by atoms with van der Waals surface area (Å²) in [5, 5.41) is 10.9. The molecule has 0 radical (unpaired) electrons. The zero-order chi connectivity index (χ0) is 13.9. The Hall–Kier alpha value is -1.02. The van der Waals surface area contributed by atoms with E-state index in [4.69, 9.17) is 15.7 Å². The summed E-state index contributed by atoms with van der Waals surface area (Å²) >= 11 is 0. The van der Waals surface area contributed by atoms with Crippen molar-refractivity contribution in [1.82, 2.24) is 4.90 Å². The minimum Gasteiger partial charge on any atom is -0.409 e. The van der Waals surface area contributed by atoms with Gasteiger partial charge >= 0.3 is 6.18 Å². The molecule has 1 heterocycles. The van der Waals surface area contributed by atoms with Crippen molar-refractivity contribution >= 4 is 5.84 Å². The van der Waals surface area contributed by atoms with E-state index < -0.39 is 17.9 Å². The number of hydrogen-bond acceptors (Lipinski definition) is 4. The molecule has 3 N–H and O–H groups in total. The van der Waals surface area contributed by atoms with E-state index in [-0.39, 0.29) is 18.8 Å². The maximum absolute atomic E-state index is 12.8. The molecule has 0 aromatic rings. The Labute approximate surface area is 103 Å². The summed E-state index contributed by atoms with van der Waals surface area (Å²) in [6, 6.07) is 0. The van der Waals surface area contributed by atoms with Crippen molar-refractivity contribution in [3.63, 3.8) is 0 Å². The lowest BCUT2D eigenvalue weighted by atomic mass is 10.1. The van der Waals surface area contributed by atoms with Gasteiger partial charge < -0.3 is 15.7 Å². The molecule has 0 aromatic carbocycles. The molecule has 1 fully saturated rings. The number of alkyl halides is 3. The average molecular weight is 269 g/mol. The highest BCUT2D eigenvalue weighted by Gasteiger charge is 2.44. The molecule has 0 amide bonds. The number of amidine groups is 1. The van der Waals surface area contributed by atoms with Gasteiger partial charge in [-0.2, -0.15) is 13.2 Å². The number of oxime groups is 1. The number of rotatable bonds is 3. The second-order valence-corrected chi connectivity index (χ2v) is 4.59. The molecule has 1 aliphatic rings. The third-order valence-corrected chi connectivity index (χ3v) is 2.80. The Morgan fingerprint density at radius 1 is 1.44 bits per heavy atom. The highest BCUT2D eigenvalue weighted by atomic mass is 19.4. The van der Waals surface area contributed by atoms with Crippen LogP contribution in [-0.4, -0.2) is 54.0 Å². The minimum absolute atomic E-state index is 0.130. The van der Waals surface area contributed by atoms with E-state index in [9.17, 15) is 13.2 Å². The van der Waals surface area contributed by atoms with Crippen LogP contribution in [0.1, 0.15) is 13.8 Å². The monoisotopic (exact) mass is 269 g/mol. The van der Waals surface area contributed by atoms with Crippen molar-refractivity contribution in [3.8, 4) is 0 Å². The van der Waals surface area contributed by atoms with Crippen LogP contribution < -0.4 is 5.73 Å². The van der Waals surface area contributed by atoms with Gasteiger partial charge in [0, 0.05) is 19.6 Å². The van der Waals surface area contributed by atoms with Gasteiger partial charge in [-0.3, -0.25) is 4.90 Å². The van der Waals surface area contributed by atoms with E-state index in [1.54, 1.807) is 18.7 Å². The predicted molar refractivity (Wildman–Crippen MR) is 59.4 cm³/mol. The predicted octanol–water partition coefficient (Wildman–Crippen LogP) is 1.02. The van der Waals surface area contributed by atoms with Crippen molar-refractivity contribution in [3.05, 3.63) is 0 Å². The van der Waals surface area contributed by atoms with Gasteiger partial charge in [0.05, 0.1) is 12.2 Å². The first-order chi connectivity index (χ1) is 8.24. The van der Waals surface area contributed by atoms with Gasteiger partial charge in [-0.25, -0.2) is 0 Å². The van der Waals surface area contributed by atoms with E-state index in [0.29, 0.717) is 13.1 Å². The molecule has 1 aliphatic heterocycles. The Kier molecular flexibility index (Phi) is 4.80. The molecule has 0 aromatic heterocycles. The molecule has 0 saturated carbocycles. The Morgan fingerprint density at radius 3 is 2.33 bits per heavy atom. The van der Waals surface area contributed by atoms with Crippen molar-refractivity contribution in [2.45, 2.75) is 32.2 Å². The van der Waals surface area contributed by atoms with Crippen LogP contribution in [0.4, 0.5) is 13.2 Å². The Balaban J connectivity index is 2.72. The van der Waals surface area contributed by atoms with Gasteiger partial charge in [0.1, 0.15) is 5.92 Å². The highest BCUT2D eigenvalue weighted by molar-refractivity contribution is 5.83. The number of morpholine rings is 1. The summed E-state index contributed by atoms with van der Waals surface area (Å²) < 4.78 is 43.8.